The number of aromatic nitrogens is 2. The lowest BCUT2D eigenvalue weighted by molar-refractivity contribution is 0.876. The van der Waals surface area contributed by atoms with Crippen molar-refractivity contribution in [3.63, 3.8) is 0 Å². The molecule has 0 aliphatic rings. The molecule has 2 heterocycles. The number of anilines is 1. The summed E-state index contributed by atoms with van der Waals surface area (Å²) in [5, 5.41) is 3.10. The van der Waals surface area contributed by atoms with Crippen LogP contribution in [0.4, 0.5) is 5.82 Å². The zero-order valence-electron chi connectivity index (χ0n) is 10.7. The number of aryl methyl sites for hydroxylation is 2. The highest BCUT2D eigenvalue weighted by atomic mass is 79.9. The van der Waals surface area contributed by atoms with Crippen LogP contribution in [0.1, 0.15) is 23.9 Å². The van der Waals surface area contributed by atoms with Crippen molar-refractivity contribution >= 4 is 33.1 Å². The molecule has 2 rings (SSSR count). The summed E-state index contributed by atoms with van der Waals surface area (Å²) in [6.45, 7) is 4.25. The normalized spacial score (nSPS) is 10.7. The molecule has 1 N–H and O–H groups in total. The third kappa shape index (κ3) is 2.90. The van der Waals surface area contributed by atoms with Gasteiger partial charge >= 0.3 is 0 Å². The number of halogens is 1. The minimum absolute atomic E-state index is 0.809. The second-order valence-electron chi connectivity index (χ2n) is 4.08. The molecular weight excluding hydrogens is 310 g/mol. The van der Waals surface area contributed by atoms with E-state index in [0.29, 0.717) is 0 Å². The van der Waals surface area contributed by atoms with Crippen LogP contribution < -0.4 is 5.32 Å². The highest BCUT2D eigenvalue weighted by Gasteiger charge is 2.10. The molecule has 0 bridgehead atoms. The summed E-state index contributed by atoms with van der Waals surface area (Å²) in [7, 11) is 1.89. The van der Waals surface area contributed by atoms with Gasteiger partial charge < -0.3 is 5.32 Å². The summed E-state index contributed by atoms with van der Waals surface area (Å²) in [5.74, 6) is 1.69. The fraction of sp³-hybridized carbons (Fsp3) is 0.385. The number of nitrogens with zero attached hydrogens (tertiary/aromatic N) is 2. The topological polar surface area (TPSA) is 37.8 Å². The van der Waals surface area contributed by atoms with Crippen LogP contribution >= 0.6 is 27.3 Å². The fourth-order valence-electron chi connectivity index (χ4n) is 1.69. The van der Waals surface area contributed by atoms with Crippen molar-refractivity contribution in [2.45, 2.75) is 26.7 Å². The van der Waals surface area contributed by atoms with Crippen molar-refractivity contribution in [1.29, 1.82) is 0 Å². The van der Waals surface area contributed by atoms with Gasteiger partial charge in [0.2, 0.25) is 0 Å². The molecule has 2 aromatic rings. The van der Waals surface area contributed by atoms with Crippen molar-refractivity contribution in [2.24, 2.45) is 0 Å². The Kier molecular flexibility index (Phi) is 4.35. The monoisotopic (exact) mass is 325 g/mol. The Balaban J connectivity index is 2.45. The van der Waals surface area contributed by atoms with Gasteiger partial charge in [-0.05, 0) is 35.3 Å². The van der Waals surface area contributed by atoms with Crippen molar-refractivity contribution in [1.82, 2.24) is 9.97 Å². The Labute approximate surface area is 120 Å². The Morgan fingerprint density at radius 2 is 2.11 bits per heavy atom. The van der Waals surface area contributed by atoms with E-state index in [2.05, 4.69) is 51.1 Å². The van der Waals surface area contributed by atoms with Crippen molar-refractivity contribution in [2.75, 3.05) is 12.4 Å². The summed E-state index contributed by atoms with van der Waals surface area (Å²) in [6.07, 6.45) is 2.07. The van der Waals surface area contributed by atoms with Crippen LogP contribution in [-0.4, -0.2) is 17.0 Å². The molecule has 0 fully saturated rings. The molecule has 96 valence electrons. The van der Waals surface area contributed by atoms with Crippen LogP contribution in [0, 0.1) is 6.92 Å². The maximum Gasteiger partial charge on any atom is 0.171 e. The first-order chi connectivity index (χ1) is 8.63. The van der Waals surface area contributed by atoms with E-state index in [1.54, 1.807) is 11.3 Å². The molecule has 0 amide bonds. The molecular formula is C13H16BrN3S. The Morgan fingerprint density at radius 3 is 2.67 bits per heavy atom. The summed E-state index contributed by atoms with van der Waals surface area (Å²) in [6, 6.07) is 4.10. The smallest absolute Gasteiger partial charge is 0.171 e. The van der Waals surface area contributed by atoms with Gasteiger partial charge in [0, 0.05) is 28.2 Å². The van der Waals surface area contributed by atoms with Gasteiger partial charge in [-0.25, -0.2) is 9.97 Å². The average Bonchev–Trinajstić information content (AvgIpc) is 2.70. The largest absolute Gasteiger partial charge is 0.373 e. The van der Waals surface area contributed by atoms with Crippen LogP contribution in [0.3, 0.4) is 0 Å². The van der Waals surface area contributed by atoms with Gasteiger partial charge in [-0.1, -0.05) is 13.3 Å². The first-order valence-corrected chi connectivity index (χ1v) is 7.57. The van der Waals surface area contributed by atoms with Crippen molar-refractivity contribution in [3.8, 4) is 10.7 Å². The van der Waals surface area contributed by atoms with E-state index in [1.807, 2.05) is 13.1 Å². The highest BCUT2D eigenvalue weighted by Crippen LogP contribution is 2.32. The Morgan fingerprint density at radius 1 is 1.33 bits per heavy atom. The lowest BCUT2D eigenvalue weighted by Gasteiger charge is -2.05. The quantitative estimate of drug-likeness (QED) is 0.912. The summed E-state index contributed by atoms with van der Waals surface area (Å²) in [4.78, 5) is 11.5. The van der Waals surface area contributed by atoms with E-state index < -0.39 is 0 Å². The number of thiophene rings is 1. The van der Waals surface area contributed by atoms with Crippen molar-refractivity contribution in [3.05, 3.63) is 27.2 Å². The van der Waals surface area contributed by atoms with E-state index in [-0.39, 0.29) is 0 Å². The molecule has 5 heteroatoms. The van der Waals surface area contributed by atoms with Crippen molar-refractivity contribution < 1.29 is 0 Å². The minimum atomic E-state index is 0.809. The van der Waals surface area contributed by atoms with Gasteiger partial charge in [0.1, 0.15) is 5.82 Å². The standard InChI is InChI=1S/C13H16BrN3S/c1-4-5-9-6-12(15-3)17-13(16-9)11-7-10(14)8(2)18-11/h6-7H,4-5H2,1-3H3,(H,15,16,17). The maximum absolute atomic E-state index is 4.63. The van der Waals surface area contributed by atoms with E-state index >= 15 is 0 Å². The maximum atomic E-state index is 4.63. The van der Waals surface area contributed by atoms with Gasteiger partial charge in [0.05, 0.1) is 4.88 Å². The molecule has 2 aromatic heterocycles. The predicted molar refractivity (Wildman–Crippen MR) is 81.3 cm³/mol. The van der Waals surface area contributed by atoms with Gasteiger partial charge in [-0.3, -0.25) is 0 Å². The van der Waals surface area contributed by atoms with E-state index in [4.69, 9.17) is 0 Å². The molecule has 0 spiro atoms. The molecule has 0 aliphatic heterocycles. The van der Waals surface area contributed by atoms with Crippen LogP contribution in [0.2, 0.25) is 0 Å². The molecule has 0 aliphatic carbocycles. The number of rotatable bonds is 4. The Hall–Kier alpha value is -0.940. The summed E-state index contributed by atoms with van der Waals surface area (Å²) < 4.78 is 1.12. The van der Waals surface area contributed by atoms with E-state index in [0.717, 1.165) is 39.5 Å². The number of hydrogen-bond acceptors (Lipinski definition) is 4. The van der Waals surface area contributed by atoms with Crippen LogP contribution in [0.25, 0.3) is 10.7 Å². The lowest BCUT2D eigenvalue weighted by Crippen LogP contribution is -2.00. The molecule has 0 atom stereocenters. The van der Waals surface area contributed by atoms with Crippen LogP contribution in [0.5, 0.6) is 0 Å². The number of hydrogen-bond donors (Lipinski definition) is 1. The number of nitrogens with one attached hydrogen (secondary N) is 1. The second kappa shape index (κ2) is 5.80. The molecule has 18 heavy (non-hydrogen) atoms. The van der Waals surface area contributed by atoms with E-state index in [1.165, 1.54) is 4.88 Å². The summed E-state index contributed by atoms with van der Waals surface area (Å²) in [5.41, 5.74) is 1.09. The predicted octanol–water partition coefficient (Wildman–Crippen LogP) is 4.27. The molecule has 0 saturated carbocycles. The Bertz CT molecular complexity index is 532. The highest BCUT2D eigenvalue weighted by molar-refractivity contribution is 9.10. The minimum Gasteiger partial charge on any atom is -0.373 e. The van der Waals surface area contributed by atoms with Gasteiger partial charge in [0.25, 0.3) is 0 Å². The molecule has 0 unspecified atom stereocenters. The first kappa shape index (κ1) is 13.5. The zero-order valence-corrected chi connectivity index (χ0v) is 13.2. The third-order valence-electron chi connectivity index (χ3n) is 2.62. The molecule has 0 aromatic carbocycles. The molecule has 0 radical (unpaired) electrons. The molecule has 0 saturated heterocycles. The van der Waals surface area contributed by atoms with Crippen LogP contribution in [-0.2, 0) is 6.42 Å². The molecule has 3 nitrogen and oxygen atoms in total. The van der Waals surface area contributed by atoms with Gasteiger partial charge in [-0.15, -0.1) is 11.3 Å². The summed E-state index contributed by atoms with van der Waals surface area (Å²) >= 11 is 5.25. The first-order valence-electron chi connectivity index (χ1n) is 5.96. The van der Waals surface area contributed by atoms with Gasteiger partial charge in [0.15, 0.2) is 5.82 Å². The van der Waals surface area contributed by atoms with Crippen LogP contribution in [0.15, 0.2) is 16.6 Å². The van der Waals surface area contributed by atoms with E-state index in [9.17, 15) is 0 Å². The fourth-order valence-corrected chi connectivity index (χ4v) is 3.16. The second-order valence-corrected chi connectivity index (χ2v) is 6.19. The SMILES string of the molecule is CCCc1cc(NC)nc(-c2cc(Br)c(C)s2)n1. The zero-order chi connectivity index (χ0) is 13.1. The third-order valence-corrected chi connectivity index (χ3v) is 4.75. The average molecular weight is 326 g/mol. The lowest BCUT2D eigenvalue weighted by atomic mass is 10.2. The van der Waals surface area contributed by atoms with Gasteiger partial charge in [-0.2, -0.15) is 0 Å².